The van der Waals surface area contributed by atoms with Crippen LogP contribution in [0, 0.1) is 11.8 Å². The van der Waals surface area contributed by atoms with Gasteiger partial charge in [0.05, 0.1) is 0 Å². The monoisotopic (exact) mass is 849 g/mol. The molecular weight excluding hydrogens is 745 g/mol. The predicted octanol–water partition coefficient (Wildman–Crippen LogP) is 17.3. The van der Waals surface area contributed by atoms with Crippen LogP contribution in [0.1, 0.15) is 298 Å². The van der Waals surface area contributed by atoms with E-state index in [4.69, 9.17) is 14.2 Å². The second kappa shape index (κ2) is 46.9. The van der Waals surface area contributed by atoms with Crippen molar-refractivity contribution in [2.24, 2.45) is 11.8 Å². The molecule has 0 rings (SSSR count). The summed E-state index contributed by atoms with van der Waals surface area (Å²) in [4.78, 5) is 38.0. The van der Waals surface area contributed by atoms with Crippen molar-refractivity contribution < 1.29 is 28.6 Å². The van der Waals surface area contributed by atoms with E-state index in [0.717, 1.165) is 69.6 Å². The molecule has 0 bridgehead atoms. The highest BCUT2D eigenvalue weighted by Gasteiger charge is 2.19. The van der Waals surface area contributed by atoms with Crippen LogP contribution in [0.15, 0.2) is 0 Å². The van der Waals surface area contributed by atoms with Gasteiger partial charge in [0.25, 0.3) is 0 Å². The normalized spacial score (nSPS) is 12.1. The van der Waals surface area contributed by atoms with Crippen LogP contribution in [0.4, 0.5) is 0 Å². The van der Waals surface area contributed by atoms with Crippen molar-refractivity contribution in [2.45, 2.75) is 304 Å². The fraction of sp³-hybridized carbons (Fsp3) is 0.944. The van der Waals surface area contributed by atoms with Crippen LogP contribution in [0.25, 0.3) is 0 Å². The maximum absolute atomic E-state index is 12.8. The molecule has 0 aromatic rings. The summed E-state index contributed by atoms with van der Waals surface area (Å²) in [5.41, 5.74) is 0. The first-order valence-electron chi connectivity index (χ1n) is 26.7. The first-order chi connectivity index (χ1) is 29.2. The van der Waals surface area contributed by atoms with Crippen LogP contribution < -0.4 is 0 Å². The predicted molar refractivity (Wildman–Crippen MR) is 256 cm³/mol. The van der Waals surface area contributed by atoms with Crippen molar-refractivity contribution >= 4 is 17.9 Å². The number of carbonyl (C=O) groups excluding carboxylic acids is 3. The van der Waals surface area contributed by atoms with Crippen LogP contribution in [-0.4, -0.2) is 37.2 Å². The van der Waals surface area contributed by atoms with Gasteiger partial charge in [-0.1, -0.05) is 259 Å². The Morgan fingerprint density at radius 3 is 0.817 bits per heavy atom. The van der Waals surface area contributed by atoms with Gasteiger partial charge in [0, 0.05) is 19.3 Å². The van der Waals surface area contributed by atoms with Gasteiger partial charge in [0.15, 0.2) is 6.10 Å². The molecule has 0 heterocycles. The number of unbranched alkanes of at least 4 members (excludes halogenated alkanes) is 33. The molecule has 6 nitrogen and oxygen atoms in total. The molecule has 0 amide bonds. The van der Waals surface area contributed by atoms with Crippen molar-refractivity contribution in [3.63, 3.8) is 0 Å². The minimum atomic E-state index is -0.761. The van der Waals surface area contributed by atoms with Gasteiger partial charge in [0.2, 0.25) is 0 Å². The Balaban J connectivity index is 4.28. The van der Waals surface area contributed by atoms with Gasteiger partial charge in [-0.2, -0.15) is 0 Å². The highest BCUT2D eigenvalue weighted by molar-refractivity contribution is 5.71. The average molecular weight is 849 g/mol. The molecular formula is C54H104O6. The van der Waals surface area contributed by atoms with Crippen molar-refractivity contribution in [3.05, 3.63) is 0 Å². The van der Waals surface area contributed by atoms with E-state index in [9.17, 15) is 14.4 Å². The molecule has 0 radical (unpaired) electrons. The maximum atomic E-state index is 12.8. The number of esters is 3. The molecule has 0 aliphatic rings. The molecule has 0 spiro atoms. The number of rotatable bonds is 48. The van der Waals surface area contributed by atoms with Crippen LogP contribution in [-0.2, 0) is 28.6 Å². The van der Waals surface area contributed by atoms with Crippen molar-refractivity contribution in [2.75, 3.05) is 13.2 Å². The summed E-state index contributed by atoms with van der Waals surface area (Å²) in [5.74, 6) is 0.820. The minimum Gasteiger partial charge on any atom is -0.462 e. The van der Waals surface area contributed by atoms with E-state index < -0.39 is 6.10 Å². The summed E-state index contributed by atoms with van der Waals surface area (Å²) in [6.07, 6.45) is 48.0. The summed E-state index contributed by atoms with van der Waals surface area (Å²) >= 11 is 0. The standard InChI is InChI=1S/C54H104O6/c1-6-7-8-9-10-11-17-24-29-34-39-44-52(55)58-47-51(48-59-53(56)45-40-35-30-25-21-20-23-28-33-38-43-50(4)5)60-54(57)46-41-36-31-26-19-16-14-12-13-15-18-22-27-32-37-42-49(2)3/h49-51H,6-48H2,1-5H3/t51-/m0/s1. The van der Waals surface area contributed by atoms with Crippen molar-refractivity contribution in [3.8, 4) is 0 Å². The third-order valence-corrected chi connectivity index (χ3v) is 12.2. The fourth-order valence-electron chi connectivity index (χ4n) is 8.17. The first-order valence-corrected chi connectivity index (χ1v) is 26.7. The van der Waals surface area contributed by atoms with E-state index >= 15 is 0 Å². The molecule has 1 atom stereocenters. The Morgan fingerprint density at radius 2 is 0.550 bits per heavy atom. The fourth-order valence-corrected chi connectivity index (χ4v) is 8.17. The lowest BCUT2D eigenvalue weighted by atomic mass is 10.0. The Kier molecular flexibility index (Phi) is 45.7. The second-order valence-corrected chi connectivity index (χ2v) is 19.5. The molecule has 0 aromatic heterocycles. The third kappa shape index (κ3) is 47.5. The lowest BCUT2D eigenvalue weighted by Crippen LogP contribution is -2.30. The van der Waals surface area contributed by atoms with Crippen LogP contribution in [0.5, 0.6) is 0 Å². The number of hydrogen-bond donors (Lipinski definition) is 0. The average Bonchev–Trinajstić information content (AvgIpc) is 3.22. The van der Waals surface area contributed by atoms with Gasteiger partial charge in [0.1, 0.15) is 13.2 Å². The number of ether oxygens (including phenoxy) is 3. The Bertz CT molecular complexity index is 916. The van der Waals surface area contributed by atoms with Gasteiger partial charge in [-0.15, -0.1) is 0 Å². The Morgan fingerprint density at radius 1 is 0.317 bits per heavy atom. The summed E-state index contributed by atoms with van der Waals surface area (Å²) in [7, 11) is 0. The summed E-state index contributed by atoms with van der Waals surface area (Å²) in [6.45, 7) is 11.4. The quantitative estimate of drug-likeness (QED) is 0.0345. The highest BCUT2D eigenvalue weighted by atomic mass is 16.6. The first kappa shape index (κ1) is 58.4. The Labute approximate surface area is 374 Å². The van der Waals surface area contributed by atoms with Gasteiger partial charge in [-0.3, -0.25) is 14.4 Å². The third-order valence-electron chi connectivity index (χ3n) is 12.2. The molecule has 0 saturated carbocycles. The summed E-state index contributed by atoms with van der Waals surface area (Å²) in [5, 5.41) is 0. The van der Waals surface area contributed by atoms with Crippen molar-refractivity contribution in [1.29, 1.82) is 0 Å². The molecule has 0 aliphatic carbocycles. The highest BCUT2D eigenvalue weighted by Crippen LogP contribution is 2.18. The smallest absolute Gasteiger partial charge is 0.306 e. The molecule has 0 saturated heterocycles. The molecule has 0 unspecified atom stereocenters. The summed E-state index contributed by atoms with van der Waals surface area (Å²) < 4.78 is 16.8. The van der Waals surface area contributed by atoms with Gasteiger partial charge < -0.3 is 14.2 Å². The zero-order valence-electron chi connectivity index (χ0n) is 41.1. The number of carbonyl (C=O) groups is 3. The van der Waals surface area contributed by atoms with E-state index in [1.165, 1.54) is 186 Å². The van der Waals surface area contributed by atoms with E-state index in [1.54, 1.807) is 0 Å². The molecule has 0 fully saturated rings. The van der Waals surface area contributed by atoms with Gasteiger partial charge in [-0.05, 0) is 31.1 Å². The zero-order chi connectivity index (χ0) is 44.0. The zero-order valence-corrected chi connectivity index (χ0v) is 41.1. The molecule has 0 aliphatic heterocycles. The van der Waals surface area contributed by atoms with E-state index in [0.29, 0.717) is 19.3 Å². The number of hydrogen-bond acceptors (Lipinski definition) is 6. The van der Waals surface area contributed by atoms with E-state index in [2.05, 4.69) is 34.6 Å². The molecule has 60 heavy (non-hydrogen) atoms. The maximum Gasteiger partial charge on any atom is 0.306 e. The van der Waals surface area contributed by atoms with Gasteiger partial charge >= 0.3 is 17.9 Å². The van der Waals surface area contributed by atoms with Crippen LogP contribution in [0.2, 0.25) is 0 Å². The van der Waals surface area contributed by atoms with E-state index in [-0.39, 0.29) is 31.1 Å². The molecule has 0 N–H and O–H groups in total. The Hall–Kier alpha value is -1.59. The van der Waals surface area contributed by atoms with Crippen LogP contribution in [0.3, 0.4) is 0 Å². The SMILES string of the molecule is CCCCCCCCCCCCCC(=O)OC[C@@H](COC(=O)CCCCCCCCCCCCC(C)C)OC(=O)CCCCCCCCCCCCCCCCCC(C)C. The molecule has 0 aromatic carbocycles. The lowest BCUT2D eigenvalue weighted by Gasteiger charge is -2.18. The topological polar surface area (TPSA) is 78.9 Å². The van der Waals surface area contributed by atoms with Crippen molar-refractivity contribution in [1.82, 2.24) is 0 Å². The summed E-state index contributed by atoms with van der Waals surface area (Å²) in [6, 6.07) is 0. The molecule has 6 heteroatoms. The van der Waals surface area contributed by atoms with Gasteiger partial charge in [-0.25, -0.2) is 0 Å². The molecule has 356 valence electrons. The largest absolute Gasteiger partial charge is 0.462 e. The minimum absolute atomic E-state index is 0.0634. The van der Waals surface area contributed by atoms with E-state index in [1.807, 2.05) is 0 Å². The van der Waals surface area contributed by atoms with Crippen LogP contribution >= 0.6 is 0 Å². The second-order valence-electron chi connectivity index (χ2n) is 19.5. The lowest BCUT2D eigenvalue weighted by molar-refractivity contribution is -0.167.